The molecule has 0 aromatic rings. The zero-order chi connectivity index (χ0) is 6.04. The third-order valence-corrected chi connectivity index (χ3v) is 2.11. The minimum absolute atomic E-state index is 0.352. The van der Waals surface area contributed by atoms with Crippen molar-refractivity contribution in [2.24, 2.45) is 0 Å². The standard InChI is InChI=1S/C4H9NO2S/c6-5(7)1-3-8-4-2-5/h6H,1-4H2. The molecule has 1 saturated heterocycles. The molecule has 4 heteroatoms. The van der Waals surface area contributed by atoms with E-state index in [1.807, 2.05) is 0 Å². The summed E-state index contributed by atoms with van der Waals surface area (Å²) in [5, 5.41) is 19.3. The van der Waals surface area contributed by atoms with Crippen molar-refractivity contribution >= 4 is 11.8 Å². The van der Waals surface area contributed by atoms with Gasteiger partial charge in [0.05, 0.1) is 0 Å². The Labute approximate surface area is 52.4 Å². The maximum absolute atomic E-state index is 10.6. The molecule has 0 saturated carbocycles. The van der Waals surface area contributed by atoms with Crippen molar-refractivity contribution in [1.82, 2.24) is 0 Å². The summed E-state index contributed by atoms with van der Waals surface area (Å²) in [5.41, 5.74) is 0. The molecule has 0 bridgehead atoms. The van der Waals surface area contributed by atoms with Crippen molar-refractivity contribution in [2.75, 3.05) is 24.6 Å². The Balaban J connectivity index is 2.33. The van der Waals surface area contributed by atoms with E-state index in [4.69, 9.17) is 5.21 Å². The van der Waals surface area contributed by atoms with Crippen LogP contribution in [0.4, 0.5) is 0 Å². The van der Waals surface area contributed by atoms with Crippen LogP contribution in [-0.4, -0.2) is 34.6 Å². The third-order valence-electron chi connectivity index (χ3n) is 1.17. The van der Waals surface area contributed by atoms with Gasteiger partial charge < -0.3 is 5.21 Å². The van der Waals surface area contributed by atoms with Crippen molar-refractivity contribution in [1.29, 1.82) is 0 Å². The molecule has 0 aliphatic carbocycles. The van der Waals surface area contributed by atoms with Gasteiger partial charge in [0.2, 0.25) is 0 Å². The van der Waals surface area contributed by atoms with Gasteiger partial charge in [-0.25, -0.2) is 10.0 Å². The fourth-order valence-electron chi connectivity index (χ4n) is 0.628. The van der Waals surface area contributed by atoms with E-state index in [1.54, 1.807) is 11.8 Å². The summed E-state index contributed by atoms with van der Waals surface area (Å²) in [7, 11) is 0. The van der Waals surface area contributed by atoms with E-state index in [0.29, 0.717) is 13.1 Å². The first-order valence-electron chi connectivity index (χ1n) is 2.59. The highest BCUT2D eigenvalue weighted by molar-refractivity contribution is 7.99. The molecule has 8 heavy (non-hydrogen) atoms. The summed E-state index contributed by atoms with van der Waals surface area (Å²) < 4.78 is 0. The molecule has 48 valence electrons. The van der Waals surface area contributed by atoms with Gasteiger partial charge in [0, 0.05) is 11.5 Å². The average Bonchev–Trinajstić information content (AvgIpc) is 1.65. The van der Waals surface area contributed by atoms with Crippen LogP contribution in [0, 0.1) is 5.21 Å². The van der Waals surface area contributed by atoms with Crippen LogP contribution in [0.25, 0.3) is 0 Å². The SMILES string of the molecule is [O-][N+]1(O)CCSCC1. The van der Waals surface area contributed by atoms with E-state index in [-0.39, 0.29) is 0 Å². The predicted octanol–water partition coefficient (Wildman–Crippen LogP) is 0.437. The summed E-state index contributed by atoms with van der Waals surface area (Å²) in [4.78, 5) is -1.02. The molecule has 0 radical (unpaired) electrons. The number of quaternary nitrogens is 1. The van der Waals surface area contributed by atoms with Crippen LogP contribution in [0.2, 0.25) is 0 Å². The number of hydrogen-bond donors (Lipinski definition) is 1. The minimum atomic E-state index is -1.02. The topological polar surface area (TPSA) is 43.3 Å². The lowest BCUT2D eigenvalue weighted by molar-refractivity contribution is -1.06. The van der Waals surface area contributed by atoms with Crippen LogP contribution in [0.1, 0.15) is 0 Å². The summed E-state index contributed by atoms with van der Waals surface area (Å²) in [6, 6.07) is 0. The average molecular weight is 135 g/mol. The van der Waals surface area contributed by atoms with Crippen LogP contribution in [0.15, 0.2) is 0 Å². The van der Waals surface area contributed by atoms with Crippen molar-refractivity contribution in [3.8, 4) is 0 Å². The highest BCUT2D eigenvalue weighted by Crippen LogP contribution is 2.12. The molecule has 1 aliphatic heterocycles. The van der Waals surface area contributed by atoms with Crippen LogP contribution >= 0.6 is 11.8 Å². The van der Waals surface area contributed by atoms with Crippen LogP contribution in [-0.2, 0) is 0 Å². The molecule has 1 fully saturated rings. The Morgan fingerprint density at radius 3 is 2.12 bits per heavy atom. The monoisotopic (exact) mass is 135 g/mol. The highest BCUT2D eigenvalue weighted by atomic mass is 32.2. The second-order valence-corrected chi connectivity index (χ2v) is 3.13. The maximum atomic E-state index is 10.6. The van der Waals surface area contributed by atoms with Gasteiger partial charge in [-0.3, -0.25) is 0 Å². The van der Waals surface area contributed by atoms with Gasteiger partial charge in [-0.15, -0.1) is 11.8 Å². The van der Waals surface area contributed by atoms with Gasteiger partial charge in [0.25, 0.3) is 0 Å². The van der Waals surface area contributed by atoms with Crippen LogP contribution in [0.5, 0.6) is 0 Å². The zero-order valence-corrected chi connectivity index (χ0v) is 5.36. The van der Waals surface area contributed by atoms with E-state index in [1.165, 1.54) is 0 Å². The van der Waals surface area contributed by atoms with Crippen molar-refractivity contribution < 1.29 is 10.0 Å². The fourth-order valence-corrected chi connectivity index (χ4v) is 1.66. The summed E-state index contributed by atoms with van der Waals surface area (Å²) >= 11 is 1.72. The normalized spacial score (nSPS) is 27.8. The largest absolute Gasteiger partial charge is 0.598 e. The summed E-state index contributed by atoms with van der Waals surface area (Å²) in [6.07, 6.45) is 0. The maximum Gasteiger partial charge on any atom is 0.117 e. The van der Waals surface area contributed by atoms with Crippen LogP contribution < -0.4 is 0 Å². The van der Waals surface area contributed by atoms with E-state index in [0.717, 1.165) is 11.5 Å². The second kappa shape index (κ2) is 2.23. The van der Waals surface area contributed by atoms with Crippen LogP contribution in [0.3, 0.4) is 0 Å². The minimum Gasteiger partial charge on any atom is -0.598 e. The van der Waals surface area contributed by atoms with E-state index in [2.05, 4.69) is 0 Å². The zero-order valence-electron chi connectivity index (χ0n) is 4.54. The lowest BCUT2D eigenvalue weighted by Crippen LogP contribution is -2.44. The van der Waals surface area contributed by atoms with Gasteiger partial charge >= 0.3 is 0 Å². The van der Waals surface area contributed by atoms with Gasteiger partial charge in [0.1, 0.15) is 13.1 Å². The molecule has 0 aromatic carbocycles. The first kappa shape index (κ1) is 6.35. The van der Waals surface area contributed by atoms with E-state index < -0.39 is 4.81 Å². The Bertz CT molecular complexity index is 78.1. The molecular formula is C4H9NO2S. The molecular weight excluding hydrogens is 126 g/mol. The van der Waals surface area contributed by atoms with Crippen molar-refractivity contribution in [3.63, 3.8) is 0 Å². The summed E-state index contributed by atoms with van der Waals surface area (Å²) in [5.74, 6) is 1.58. The van der Waals surface area contributed by atoms with Crippen molar-refractivity contribution in [2.45, 2.75) is 0 Å². The van der Waals surface area contributed by atoms with E-state index in [9.17, 15) is 5.21 Å². The molecule has 0 spiro atoms. The molecule has 1 rings (SSSR count). The second-order valence-electron chi connectivity index (χ2n) is 1.91. The molecule has 0 atom stereocenters. The fraction of sp³-hybridized carbons (Fsp3) is 1.00. The molecule has 0 aromatic heterocycles. The molecule has 1 aliphatic rings. The van der Waals surface area contributed by atoms with Gasteiger partial charge in [-0.2, -0.15) is 0 Å². The number of thioether (sulfide) groups is 1. The van der Waals surface area contributed by atoms with Gasteiger partial charge in [-0.05, 0) is 0 Å². The Morgan fingerprint density at radius 2 is 1.88 bits per heavy atom. The molecule has 1 heterocycles. The number of rotatable bonds is 0. The number of hydrogen-bond acceptors (Lipinski definition) is 3. The Morgan fingerprint density at radius 1 is 1.38 bits per heavy atom. The smallest absolute Gasteiger partial charge is 0.117 e. The quantitative estimate of drug-likeness (QED) is 0.387. The van der Waals surface area contributed by atoms with Crippen molar-refractivity contribution in [3.05, 3.63) is 5.21 Å². The number of nitrogens with zero attached hydrogens (tertiary/aromatic N) is 1. The van der Waals surface area contributed by atoms with Gasteiger partial charge in [0.15, 0.2) is 0 Å². The molecule has 0 amide bonds. The highest BCUT2D eigenvalue weighted by Gasteiger charge is 2.17. The predicted molar refractivity (Wildman–Crippen MR) is 32.5 cm³/mol. The first-order valence-corrected chi connectivity index (χ1v) is 3.75. The van der Waals surface area contributed by atoms with Gasteiger partial charge in [-0.1, -0.05) is 0 Å². The summed E-state index contributed by atoms with van der Waals surface area (Å²) in [6.45, 7) is 0.704. The first-order chi connectivity index (χ1) is 3.71. The molecule has 3 nitrogen and oxygen atoms in total. The lowest BCUT2D eigenvalue weighted by atomic mass is 10.6. The third kappa shape index (κ3) is 1.63. The molecule has 0 unspecified atom stereocenters. The lowest BCUT2D eigenvalue weighted by Gasteiger charge is -2.36. The molecule has 1 N–H and O–H groups in total. The number of hydroxylamine groups is 4. The Kier molecular flexibility index (Phi) is 1.77. The Hall–Kier alpha value is 0.230. The van der Waals surface area contributed by atoms with E-state index >= 15 is 0 Å².